The molecule has 64 heavy (non-hydrogen) atoms. The largest absolute Gasteiger partial charge is 0.309 e. The van der Waals surface area contributed by atoms with Crippen molar-refractivity contribution < 1.29 is 0 Å². The lowest BCUT2D eigenvalue weighted by Crippen LogP contribution is -2.08. The Hall–Kier alpha value is -8.74. The Morgan fingerprint density at radius 3 is 1.16 bits per heavy atom. The molecule has 5 aromatic heterocycles. The Balaban J connectivity index is 1.12. The summed E-state index contributed by atoms with van der Waals surface area (Å²) in [4.78, 5) is 11.4. The average Bonchev–Trinajstić information content (AvgIpc) is 4.09. The second-order valence-corrected chi connectivity index (χ2v) is 16.6. The molecule has 5 heterocycles. The fraction of sp³-hybridized carbons (Fsp3) is 0. The van der Waals surface area contributed by atoms with E-state index in [9.17, 15) is 0 Å². The van der Waals surface area contributed by atoms with Crippen LogP contribution in [0, 0.1) is 0 Å². The minimum atomic E-state index is 0.620. The number of hydrogen-bond donors (Lipinski definition) is 0. The first-order valence-electron chi connectivity index (χ1n) is 21.8. The molecule has 0 saturated heterocycles. The normalized spacial score (nSPS) is 12.1. The first-order valence-corrected chi connectivity index (χ1v) is 21.8. The van der Waals surface area contributed by atoms with Crippen molar-refractivity contribution in [3.63, 3.8) is 0 Å². The maximum Gasteiger partial charge on any atom is 0.237 e. The Labute approximate surface area is 366 Å². The lowest BCUT2D eigenvalue weighted by molar-refractivity contribution is 0.964. The monoisotopic (exact) mass is 816 g/mol. The third-order valence-electron chi connectivity index (χ3n) is 13.2. The van der Waals surface area contributed by atoms with Crippen LogP contribution >= 0.6 is 0 Å². The van der Waals surface area contributed by atoms with Crippen LogP contribution in [0.15, 0.2) is 218 Å². The molecule has 0 amide bonds. The van der Waals surface area contributed by atoms with Crippen LogP contribution in [0.4, 0.5) is 0 Å². The quantitative estimate of drug-likeness (QED) is 0.174. The van der Waals surface area contributed by atoms with Gasteiger partial charge in [-0.2, -0.15) is 4.98 Å². The van der Waals surface area contributed by atoms with E-state index in [-0.39, 0.29) is 0 Å². The maximum absolute atomic E-state index is 5.73. The summed E-state index contributed by atoms with van der Waals surface area (Å²) in [6.07, 6.45) is 0. The molecule has 0 aliphatic rings. The van der Waals surface area contributed by atoms with E-state index in [4.69, 9.17) is 9.97 Å². The molecule has 0 aliphatic carbocycles. The van der Waals surface area contributed by atoms with Gasteiger partial charge in [0.25, 0.3) is 0 Å². The number of fused-ring (bicyclic) bond motifs is 12. The first kappa shape index (κ1) is 34.9. The summed E-state index contributed by atoms with van der Waals surface area (Å²) in [6, 6.07) is 78.3. The smallest absolute Gasteiger partial charge is 0.237 e. The molecule has 14 aromatic rings. The first-order chi connectivity index (χ1) is 31.8. The van der Waals surface area contributed by atoms with Crippen molar-refractivity contribution in [2.24, 2.45) is 0 Å². The molecule has 298 valence electrons. The van der Waals surface area contributed by atoms with Crippen molar-refractivity contribution in [2.45, 2.75) is 0 Å². The highest BCUT2D eigenvalue weighted by molar-refractivity contribution is 6.16. The number of hydrogen-bond acceptors (Lipinski definition) is 2. The Bertz CT molecular complexity index is 4080. The van der Waals surface area contributed by atoms with E-state index in [0.717, 1.165) is 72.3 Å². The summed E-state index contributed by atoms with van der Waals surface area (Å²) >= 11 is 0. The summed E-state index contributed by atoms with van der Waals surface area (Å²) < 4.78 is 9.32. The summed E-state index contributed by atoms with van der Waals surface area (Å²) in [6.45, 7) is 0. The maximum atomic E-state index is 5.73. The van der Waals surface area contributed by atoms with Gasteiger partial charge in [-0.25, -0.2) is 4.98 Å². The predicted octanol–water partition coefficient (Wildman–Crippen LogP) is 14.5. The molecule has 0 unspecified atom stereocenters. The predicted molar refractivity (Wildman–Crippen MR) is 265 cm³/mol. The second kappa shape index (κ2) is 13.4. The highest BCUT2D eigenvalue weighted by atomic mass is 15.2. The topological polar surface area (TPSA) is 45.5 Å². The molecule has 0 radical (unpaired) electrons. The molecule has 0 N–H and O–H groups in total. The van der Waals surface area contributed by atoms with Gasteiger partial charge in [0.1, 0.15) is 11.0 Å². The minimum Gasteiger partial charge on any atom is -0.309 e. The van der Waals surface area contributed by atoms with Gasteiger partial charge >= 0.3 is 0 Å². The van der Waals surface area contributed by atoms with Gasteiger partial charge in [-0.3, -0.25) is 9.13 Å². The van der Waals surface area contributed by atoms with Crippen molar-refractivity contribution in [2.75, 3.05) is 0 Å². The van der Waals surface area contributed by atoms with Crippen LogP contribution in [0.2, 0.25) is 0 Å². The zero-order valence-electron chi connectivity index (χ0n) is 34.5. The van der Waals surface area contributed by atoms with Crippen LogP contribution < -0.4 is 0 Å². The van der Waals surface area contributed by atoms with Crippen molar-refractivity contribution in [3.05, 3.63) is 218 Å². The third-order valence-corrected chi connectivity index (χ3v) is 13.2. The molecule has 6 heteroatoms. The molecular weight excluding hydrogens is 781 g/mol. The van der Waals surface area contributed by atoms with E-state index in [1.807, 2.05) is 0 Å². The molecule has 14 rings (SSSR count). The molecule has 0 aliphatic heterocycles. The highest BCUT2D eigenvalue weighted by Crippen LogP contribution is 2.42. The van der Waals surface area contributed by atoms with E-state index in [0.29, 0.717) is 5.95 Å². The SMILES string of the molecule is c1ccc(-n2c3ccccc3c3cc(-c4ccc5c(c4)c4nc(-n6c7ccccc7c7ccccc76)nc(-n6c7ccccc7c7ccccc76)c4n5-c4ccccc4)ccc32)cc1. The van der Waals surface area contributed by atoms with Crippen LogP contribution in [0.1, 0.15) is 0 Å². The second-order valence-electron chi connectivity index (χ2n) is 16.6. The van der Waals surface area contributed by atoms with E-state index in [1.54, 1.807) is 0 Å². The minimum absolute atomic E-state index is 0.620. The Kier molecular flexibility index (Phi) is 7.30. The fourth-order valence-electron chi connectivity index (χ4n) is 10.4. The van der Waals surface area contributed by atoms with Crippen molar-refractivity contribution in [1.29, 1.82) is 0 Å². The number of nitrogens with zero attached hydrogens (tertiary/aromatic N) is 6. The lowest BCUT2D eigenvalue weighted by Gasteiger charge is -2.15. The Morgan fingerprint density at radius 2 is 0.641 bits per heavy atom. The van der Waals surface area contributed by atoms with Crippen molar-refractivity contribution in [1.82, 2.24) is 28.2 Å². The van der Waals surface area contributed by atoms with Gasteiger partial charge in [-0.05, 0) is 90.0 Å². The standard InChI is InChI=1S/C58H36N6/c1-3-17-39(18-4-1)61-48-26-12-11-25-45(48)46-35-37(31-33-53(46)61)38-32-34-54-47(36-38)55-56(62(54)40-19-5-2-6-20-40)57(63-49-27-13-7-21-41(49)42-22-8-14-28-50(42)63)60-58(59-55)64-51-29-15-9-23-43(51)44-24-10-16-30-52(44)64/h1-36H. The van der Waals surface area contributed by atoms with Gasteiger partial charge in [-0.1, -0.05) is 140 Å². The average molecular weight is 817 g/mol. The van der Waals surface area contributed by atoms with Gasteiger partial charge in [0.15, 0.2) is 5.82 Å². The fourth-order valence-corrected chi connectivity index (χ4v) is 10.4. The van der Waals surface area contributed by atoms with E-state index < -0.39 is 0 Å². The van der Waals surface area contributed by atoms with Gasteiger partial charge in [0.2, 0.25) is 5.95 Å². The summed E-state index contributed by atoms with van der Waals surface area (Å²) in [5.41, 5.74) is 14.0. The zero-order chi connectivity index (χ0) is 41.9. The van der Waals surface area contributed by atoms with E-state index in [1.165, 1.54) is 43.4 Å². The molecule has 0 spiro atoms. The number of benzene rings is 9. The van der Waals surface area contributed by atoms with Crippen LogP contribution in [0.5, 0.6) is 0 Å². The van der Waals surface area contributed by atoms with Crippen LogP contribution in [-0.4, -0.2) is 28.2 Å². The Morgan fingerprint density at radius 1 is 0.266 bits per heavy atom. The molecule has 9 aromatic carbocycles. The summed E-state index contributed by atoms with van der Waals surface area (Å²) in [7, 11) is 0. The third kappa shape index (κ3) is 4.90. The number of rotatable bonds is 5. The zero-order valence-corrected chi connectivity index (χ0v) is 34.5. The molecule has 0 atom stereocenters. The van der Waals surface area contributed by atoms with Gasteiger partial charge in [0.05, 0.1) is 38.6 Å². The van der Waals surface area contributed by atoms with E-state index >= 15 is 0 Å². The molecule has 6 nitrogen and oxygen atoms in total. The van der Waals surface area contributed by atoms with Gasteiger partial charge < -0.3 is 9.13 Å². The van der Waals surface area contributed by atoms with Crippen molar-refractivity contribution in [3.8, 4) is 34.3 Å². The van der Waals surface area contributed by atoms with Gasteiger partial charge in [0, 0.05) is 49.1 Å². The summed E-state index contributed by atoms with van der Waals surface area (Å²) in [5, 5.41) is 8.18. The van der Waals surface area contributed by atoms with Crippen LogP contribution in [0.3, 0.4) is 0 Å². The molecular formula is C58H36N6. The van der Waals surface area contributed by atoms with Gasteiger partial charge in [-0.15, -0.1) is 0 Å². The lowest BCUT2D eigenvalue weighted by atomic mass is 10.0. The molecule has 0 saturated carbocycles. The molecule has 0 fully saturated rings. The number of para-hydroxylation sites is 7. The summed E-state index contributed by atoms with van der Waals surface area (Å²) in [5.74, 6) is 1.44. The molecule has 0 bridgehead atoms. The van der Waals surface area contributed by atoms with Crippen LogP contribution in [0.25, 0.3) is 122 Å². The highest BCUT2D eigenvalue weighted by Gasteiger charge is 2.26. The van der Waals surface area contributed by atoms with E-state index in [2.05, 4.69) is 237 Å². The number of aromatic nitrogens is 6. The van der Waals surface area contributed by atoms with Crippen LogP contribution in [-0.2, 0) is 0 Å². The van der Waals surface area contributed by atoms with Crippen molar-refractivity contribution >= 4 is 87.4 Å².